The van der Waals surface area contributed by atoms with E-state index in [2.05, 4.69) is 11.4 Å². The van der Waals surface area contributed by atoms with E-state index in [-0.39, 0.29) is 0 Å². The first-order valence-electron chi connectivity index (χ1n) is 5.30. The Hall–Kier alpha value is -2.98. The van der Waals surface area contributed by atoms with Crippen LogP contribution in [-0.2, 0) is 0 Å². The predicted octanol–water partition coefficient (Wildman–Crippen LogP) is 2.76. The van der Waals surface area contributed by atoms with Crippen molar-refractivity contribution >= 4 is 17.1 Å². The zero-order chi connectivity index (χ0) is 13.0. The molecule has 0 atom stereocenters. The summed E-state index contributed by atoms with van der Waals surface area (Å²) >= 11 is 0. The van der Waals surface area contributed by atoms with Crippen molar-refractivity contribution in [3.05, 3.63) is 53.6 Å². The minimum atomic E-state index is 0.515. The van der Waals surface area contributed by atoms with Crippen LogP contribution in [0.15, 0.2) is 42.5 Å². The number of nitrogens with zero attached hydrogens (tertiary/aromatic N) is 2. The second-order valence-electron chi connectivity index (χ2n) is 3.70. The Morgan fingerprint density at radius 2 is 1.72 bits per heavy atom. The minimum Gasteiger partial charge on any atom is -0.397 e. The van der Waals surface area contributed by atoms with Crippen LogP contribution in [0.1, 0.15) is 11.1 Å². The molecule has 0 heterocycles. The molecule has 0 fully saturated rings. The molecule has 4 heteroatoms. The summed E-state index contributed by atoms with van der Waals surface area (Å²) in [6, 6.07) is 16.2. The van der Waals surface area contributed by atoms with E-state index in [0.717, 1.165) is 0 Å². The van der Waals surface area contributed by atoms with Gasteiger partial charge in [0.25, 0.3) is 0 Å². The van der Waals surface area contributed by atoms with Crippen molar-refractivity contribution in [3.63, 3.8) is 0 Å². The number of benzene rings is 2. The fourth-order valence-corrected chi connectivity index (χ4v) is 1.57. The molecule has 0 aliphatic heterocycles. The van der Waals surface area contributed by atoms with Gasteiger partial charge in [0.15, 0.2) is 0 Å². The highest BCUT2D eigenvalue weighted by Crippen LogP contribution is 2.25. The molecule has 2 aromatic rings. The van der Waals surface area contributed by atoms with E-state index in [1.165, 1.54) is 0 Å². The van der Waals surface area contributed by atoms with Gasteiger partial charge in [-0.15, -0.1) is 0 Å². The molecule has 0 radical (unpaired) electrons. The molecule has 0 saturated carbocycles. The number of rotatable bonds is 2. The van der Waals surface area contributed by atoms with Gasteiger partial charge in [-0.2, -0.15) is 10.5 Å². The van der Waals surface area contributed by atoms with Gasteiger partial charge in [-0.1, -0.05) is 12.1 Å². The highest BCUT2D eigenvalue weighted by atomic mass is 14.9. The van der Waals surface area contributed by atoms with Crippen LogP contribution in [0.2, 0.25) is 0 Å². The number of hydrogen-bond donors (Lipinski definition) is 2. The zero-order valence-corrected chi connectivity index (χ0v) is 9.51. The number of nitrogens with one attached hydrogen (secondary N) is 1. The molecule has 0 bridgehead atoms. The maximum absolute atomic E-state index is 8.99. The van der Waals surface area contributed by atoms with Crippen molar-refractivity contribution < 1.29 is 0 Å². The van der Waals surface area contributed by atoms with Crippen LogP contribution in [-0.4, -0.2) is 0 Å². The van der Waals surface area contributed by atoms with Crippen LogP contribution in [0.4, 0.5) is 17.1 Å². The average molecular weight is 234 g/mol. The van der Waals surface area contributed by atoms with E-state index in [0.29, 0.717) is 28.2 Å². The third kappa shape index (κ3) is 2.23. The topological polar surface area (TPSA) is 85.6 Å². The summed E-state index contributed by atoms with van der Waals surface area (Å²) in [4.78, 5) is 0. The second kappa shape index (κ2) is 4.90. The molecule has 0 spiro atoms. The van der Waals surface area contributed by atoms with Gasteiger partial charge in [0, 0.05) is 0 Å². The Labute approximate surface area is 105 Å². The first-order valence-corrected chi connectivity index (χ1v) is 5.30. The minimum absolute atomic E-state index is 0.515. The Morgan fingerprint density at radius 1 is 0.944 bits per heavy atom. The first kappa shape index (κ1) is 11.5. The molecule has 2 aromatic carbocycles. The van der Waals surface area contributed by atoms with Gasteiger partial charge < -0.3 is 11.1 Å². The molecule has 0 aliphatic rings. The van der Waals surface area contributed by atoms with Crippen LogP contribution < -0.4 is 11.1 Å². The van der Waals surface area contributed by atoms with Gasteiger partial charge in [0.1, 0.15) is 6.07 Å². The van der Waals surface area contributed by atoms with E-state index in [4.69, 9.17) is 16.3 Å². The van der Waals surface area contributed by atoms with Crippen LogP contribution in [0.3, 0.4) is 0 Å². The Balaban J connectivity index is 2.41. The van der Waals surface area contributed by atoms with Gasteiger partial charge in [-0.05, 0) is 30.3 Å². The molecule has 0 aliphatic carbocycles. The van der Waals surface area contributed by atoms with Crippen molar-refractivity contribution in [2.75, 3.05) is 11.1 Å². The van der Waals surface area contributed by atoms with E-state index >= 15 is 0 Å². The monoisotopic (exact) mass is 234 g/mol. The van der Waals surface area contributed by atoms with Crippen LogP contribution in [0.5, 0.6) is 0 Å². The van der Waals surface area contributed by atoms with Crippen molar-refractivity contribution in [1.29, 1.82) is 10.5 Å². The highest BCUT2D eigenvalue weighted by Gasteiger charge is 2.04. The van der Waals surface area contributed by atoms with Crippen LogP contribution in [0, 0.1) is 22.7 Å². The van der Waals surface area contributed by atoms with E-state index < -0.39 is 0 Å². The van der Waals surface area contributed by atoms with Crippen LogP contribution in [0.25, 0.3) is 0 Å². The first-order chi connectivity index (χ1) is 8.74. The fourth-order valence-electron chi connectivity index (χ4n) is 1.57. The van der Waals surface area contributed by atoms with Gasteiger partial charge in [-0.25, -0.2) is 0 Å². The Kier molecular flexibility index (Phi) is 3.13. The lowest BCUT2D eigenvalue weighted by Crippen LogP contribution is -1.98. The fraction of sp³-hybridized carbons (Fsp3) is 0. The number of para-hydroxylation sites is 1. The summed E-state index contributed by atoms with van der Waals surface area (Å²) in [6.07, 6.45) is 0. The highest BCUT2D eigenvalue weighted by molar-refractivity contribution is 5.76. The van der Waals surface area contributed by atoms with Crippen molar-refractivity contribution in [3.8, 4) is 12.1 Å². The molecule has 86 valence electrons. The summed E-state index contributed by atoms with van der Waals surface area (Å²) in [5.74, 6) is 0. The van der Waals surface area contributed by atoms with Gasteiger partial charge in [0.2, 0.25) is 0 Å². The summed E-state index contributed by atoms with van der Waals surface area (Å²) in [6.45, 7) is 0. The third-order valence-corrected chi connectivity index (χ3v) is 2.50. The molecule has 0 unspecified atom stereocenters. The standard InChI is InChI=1S/C14H10N4/c15-8-10-5-6-12(17)14(7-10)18-13-4-2-1-3-11(13)9-16/h1-7,18H,17H2. The maximum Gasteiger partial charge on any atom is 0.101 e. The van der Waals surface area contributed by atoms with Gasteiger partial charge >= 0.3 is 0 Å². The summed E-state index contributed by atoms with van der Waals surface area (Å²) in [5.41, 5.74) is 8.69. The second-order valence-corrected chi connectivity index (χ2v) is 3.70. The van der Waals surface area contributed by atoms with Crippen molar-refractivity contribution in [1.82, 2.24) is 0 Å². The molecule has 18 heavy (non-hydrogen) atoms. The summed E-state index contributed by atoms with van der Waals surface area (Å²) < 4.78 is 0. The number of nitrogen functional groups attached to an aromatic ring is 1. The van der Waals surface area contributed by atoms with Gasteiger partial charge in [0.05, 0.1) is 34.3 Å². The number of anilines is 3. The molecule has 4 nitrogen and oxygen atoms in total. The van der Waals surface area contributed by atoms with Crippen LogP contribution >= 0.6 is 0 Å². The SMILES string of the molecule is N#Cc1ccc(N)c(Nc2ccccc2C#N)c1. The van der Waals surface area contributed by atoms with E-state index in [1.54, 1.807) is 36.4 Å². The van der Waals surface area contributed by atoms with Gasteiger partial charge in [-0.3, -0.25) is 0 Å². The zero-order valence-electron chi connectivity index (χ0n) is 9.51. The van der Waals surface area contributed by atoms with E-state index in [1.807, 2.05) is 12.1 Å². The molecular formula is C14H10N4. The normalized spacial score (nSPS) is 9.22. The number of hydrogen-bond acceptors (Lipinski definition) is 4. The molecule has 2 rings (SSSR count). The largest absolute Gasteiger partial charge is 0.397 e. The number of nitriles is 2. The maximum atomic E-state index is 8.99. The smallest absolute Gasteiger partial charge is 0.101 e. The molecule has 0 amide bonds. The average Bonchev–Trinajstić information content (AvgIpc) is 2.42. The van der Waals surface area contributed by atoms with Crippen molar-refractivity contribution in [2.24, 2.45) is 0 Å². The number of nitrogens with two attached hydrogens (primary N) is 1. The molecule has 3 N–H and O–H groups in total. The third-order valence-electron chi connectivity index (χ3n) is 2.50. The lowest BCUT2D eigenvalue weighted by atomic mass is 10.1. The lowest BCUT2D eigenvalue weighted by molar-refractivity contribution is 1.45. The molecular weight excluding hydrogens is 224 g/mol. The lowest BCUT2D eigenvalue weighted by Gasteiger charge is -2.10. The van der Waals surface area contributed by atoms with E-state index in [9.17, 15) is 0 Å². The summed E-state index contributed by atoms with van der Waals surface area (Å²) in [5, 5.41) is 20.9. The Morgan fingerprint density at radius 3 is 2.44 bits per heavy atom. The quantitative estimate of drug-likeness (QED) is 0.782. The molecule has 0 aromatic heterocycles. The molecule has 0 saturated heterocycles. The summed E-state index contributed by atoms with van der Waals surface area (Å²) in [7, 11) is 0. The predicted molar refractivity (Wildman–Crippen MR) is 70.0 cm³/mol. The Bertz CT molecular complexity index is 662. The van der Waals surface area contributed by atoms with Crippen molar-refractivity contribution in [2.45, 2.75) is 0 Å².